The summed E-state index contributed by atoms with van der Waals surface area (Å²) in [4.78, 5) is 28.8. The number of thioether (sulfide) groups is 1. The van der Waals surface area contributed by atoms with Gasteiger partial charge in [0.05, 0.1) is 32.9 Å². The molecule has 4 aromatic carbocycles. The molecule has 0 bridgehead atoms. The highest BCUT2D eigenvalue weighted by molar-refractivity contribution is 8.00. The van der Waals surface area contributed by atoms with Crippen molar-refractivity contribution >= 4 is 45.7 Å². The fourth-order valence-electron chi connectivity index (χ4n) is 5.52. The maximum atomic E-state index is 13.8. The van der Waals surface area contributed by atoms with Crippen LogP contribution in [0.3, 0.4) is 0 Å². The Labute approximate surface area is 296 Å². The number of carbonyl (C=O) groups is 2. The van der Waals surface area contributed by atoms with Crippen molar-refractivity contribution in [2.75, 3.05) is 26.2 Å². The number of amides is 1. The Bertz CT molecular complexity index is 2040. The Morgan fingerprint density at radius 2 is 1.60 bits per heavy atom. The number of nitrogens with zero attached hydrogens (tertiary/aromatic N) is 3. The van der Waals surface area contributed by atoms with Crippen molar-refractivity contribution < 1.29 is 38.0 Å². The molecule has 1 fully saturated rings. The van der Waals surface area contributed by atoms with Crippen LogP contribution in [-0.2, 0) is 21.9 Å². The predicted molar refractivity (Wildman–Crippen MR) is 189 cm³/mol. The van der Waals surface area contributed by atoms with E-state index in [1.165, 1.54) is 50.1 Å². The van der Waals surface area contributed by atoms with Crippen molar-refractivity contribution in [3.05, 3.63) is 124 Å². The number of halogens is 1. The van der Waals surface area contributed by atoms with Crippen LogP contribution < -0.4 is 23.8 Å². The lowest BCUT2D eigenvalue weighted by molar-refractivity contribution is -0.132. The highest BCUT2D eigenvalue weighted by Crippen LogP contribution is 2.48. The molecule has 13 heteroatoms. The van der Waals surface area contributed by atoms with Crippen LogP contribution in [0.5, 0.6) is 23.0 Å². The monoisotopic (exact) mass is 713 g/mol. The van der Waals surface area contributed by atoms with Gasteiger partial charge in [-0.15, -0.1) is 10.2 Å². The predicted octanol–water partition coefficient (Wildman–Crippen LogP) is 7.51. The largest absolute Gasteiger partial charge is 0.507 e. The lowest BCUT2D eigenvalue weighted by atomic mass is 9.94. The van der Waals surface area contributed by atoms with Crippen LogP contribution in [0.2, 0.25) is 0 Å². The first kappa shape index (κ1) is 34.5. The van der Waals surface area contributed by atoms with E-state index in [1.807, 2.05) is 31.2 Å². The van der Waals surface area contributed by atoms with Crippen molar-refractivity contribution in [2.45, 2.75) is 29.7 Å². The molecule has 6 rings (SSSR count). The minimum Gasteiger partial charge on any atom is -0.507 e. The molecule has 0 saturated carbocycles. The van der Waals surface area contributed by atoms with Crippen LogP contribution in [0.25, 0.3) is 5.76 Å². The van der Waals surface area contributed by atoms with Gasteiger partial charge in [0, 0.05) is 11.3 Å². The van der Waals surface area contributed by atoms with Crippen molar-refractivity contribution in [3.8, 4) is 23.0 Å². The van der Waals surface area contributed by atoms with Gasteiger partial charge in [-0.2, -0.15) is 0 Å². The second-order valence-electron chi connectivity index (χ2n) is 11.2. The van der Waals surface area contributed by atoms with Crippen LogP contribution in [0.15, 0.2) is 94.8 Å². The van der Waals surface area contributed by atoms with Gasteiger partial charge in [0.25, 0.3) is 5.78 Å². The number of hydrogen-bond donors (Lipinski definition) is 1. The fraction of sp³-hybridized carbons (Fsp3) is 0.189. The highest BCUT2D eigenvalue weighted by atomic mass is 32.2. The second-order valence-corrected chi connectivity index (χ2v) is 13.4. The fourth-order valence-corrected chi connectivity index (χ4v) is 7.34. The molecule has 0 radical (unpaired) electrons. The van der Waals surface area contributed by atoms with E-state index in [-0.39, 0.29) is 33.8 Å². The number of anilines is 1. The van der Waals surface area contributed by atoms with E-state index in [0.29, 0.717) is 39.3 Å². The summed E-state index contributed by atoms with van der Waals surface area (Å²) in [5, 5.41) is 20.4. The topological polar surface area (TPSA) is 120 Å². The first-order valence-corrected chi connectivity index (χ1v) is 17.1. The Kier molecular flexibility index (Phi) is 10.3. The quantitative estimate of drug-likeness (QED) is 0.0457. The first-order valence-electron chi connectivity index (χ1n) is 15.3. The van der Waals surface area contributed by atoms with Gasteiger partial charge >= 0.3 is 5.91 Å². The van der Waals surface area contributed by atoms with E-state index < -0.39 is 17.7 Å². The Morgan fingerprint density at radius 1 is 0.900 bits per heavy atom. The van der Waals surface area contributed by atoms with Crippen molar-refractivity contribution in [1.29, 1.82) is 0 Å². The van der Waals surface area contributed by atoms with Gasteiger partial charge in [-0.05, 0) is 72.1 Å². The number of aliphatic hydroxyl groups is 1. The third-order valence-electron chi connectivity index (χ3n) is 7.94. The van der Waals surface area contributed by atoms with E-state index in [0.717, 1.165) is 28.0 Å². The molecular weight excluding hydrogens is 682 g/mol. The molecule has 1 atom stereocenters. The van der Waals surface area contributed by atoms with Gasteiger partial charge in [0.2, 0.25) is 10.9 Å². The standard InChI is InChI=1S/C37H32FN3O7S2/c1-21-6-5-7-23(16-21)19-48-27-14-10-24(11-15-27)32(42)30-31(25-17-28(45-2)34(47-4)29(18-25)46-3)41(35(44)33(30)43)36-39-40-37(50-36)49-20-22-8-12-26(38)13-9-22/h5-18,31,42H,19-20H2,1-4H3. The number of rotatable bonds is 12. The molecule has 50 heavy (non-hydrogen) atoms. The number of ketones is 1. The zero-order valence-corrected chi connectivity index (χ0v) is 29.1. The minimum atomic E-state index is -1.14. The number of ether oxygens (including phenoxy) is 4. The van der Waals surface area contributed by atoms with Gasteiger partial charge in [0.1, 0.15) is 23.9 Å². The molecule has 1 unspecified atom stereocenters. The van der Waals surface area contributed by atoms with Crippen molar-refractivity contribution in [1.82, 2.24) is 10.2 Å². The summed E-state index contributed by atoms with van der Waals surface area (Å²) in [6, 6.07) is 22.8. The number of benzene rings is 4. The number of aliphatic hydroxyl groups excluding tert-OH is 1. The number of hydrogen-bond acceptors (Lipinski definition) is 11. The van der Waals surface area contributed by atoms with Crippen molar-refractivity contribution in [2.24, 2.45) is 0 Å². The average Bonchev–Trinajstić information content (AvgIpc) is 3.71. The van der Waals surface area contributed by atoms with Gasteiger partial charge in [-0.1, -0.05) is 65.1 Å². The summed E-state index contributed by atoms with van der Waals surface area (Å²) < 4.78 is 36.5. The summed E-state index contributed by atoms with van der Waals surface area (Å²) in [5.74, 6) is -0.588. The van der Waals surface area contributed by atoms with E-state index in [4.69, 9.17) is 18.9 Å². The molecule has 1 aliphatic heterocycles. The Balaban J connectivity index is 1.37. The third kappa shape index (κ3) is 7.14. The second kappa shape index (κ2) is 15.0. The molecule has 256 valence electrons. The Hall–Kier alpha value is -5.40. The molecule has 1 N–H and O–H groups in total. The van der Waals surface area contributed by atoms with Gasteiger partial charge < -0.3 is 24.1 Å². The number of Topliss-reactive ketones (excluding diaryl/α,β-unsaturated/α-hetero) is 1. The smallest absolute Gasteiger partial charge is 0.301 e. The molecule has 1 amide bonds. The molecule has 2 heterocycles. The lowest BCUT2D eigenvalue weighted by Crippen LogP contribution is -2.29. The summed E-state index contributed by atoms with van der Waals surface area (Å²) >= 11 is 2.47. The molecular formula is C37H32FN3O7S2. The number of carbonyl (C=O) groups excluding carboxylic acids is 2. The molecule has 1 aromatic heterocycles. The SMILES string of the molecule is COc1cc(C2C(=C(O)c3ccc(OCc4cccc(C)c4)cc3)C(=O)C(=O)N2c2nnc(SCc3ccc(F)cc3)s2)cc(OC)c1OC. The lowest BCUT2D eigenvalue weighted by Gasteiger charge is -2.24. The van der Waals surface area contributed by atoms with Crippen LogP contribution >= 0.6 is 23.1 Å². The maximum Gasteiger partial charge on any atom is 0.301 e. The summed E-state index contributed by atoms with van der Waals surface area (Å²) in [5.41, 5.74) is 3.55. The zero-order chi connectivity index (χ0) is 35.4. The van der Waals surface area contributed by atoms with E-state index in [2.05, 4.69) is 10.2 Å². The number of aryl methyl sites for hydroxylation is 1. The zero-order valence-electron chi connectivity index (χ0n) is 27.5. The van der Waals surface area contributed by atoms with E-state index in [9.17, 15) is 19.1 Å². The van der Waals surface area contributed by atoms with Gasteiger partial charge in [0.15, 0.2) is 15.8 Å². The van der Waals surface area contributed by atoms with Gasteiger partial charge in [-0.3, -0.25) is 14.5 Å². The van der Waals surface area contributed by atoms with Crippen LogP contribution in [0.4, 0.5) is 9.52 Å². The van der Waals surface area contributed by atoms with Crippen LogP contribution in [0, 0.1) is 12.7 Å². The number of methoxy groups -OCH3 is 3. The van der Waals surface area contributed by atoms with E-state index in [1.54, 1.807) is 48.5 Å². The Morgan fingerprint density at radius 3 is 2.24 bits per heavy atom. The molecule has 1 aliphatic rings. The highest BCUT2D eigenvalue weighted by Gasteiger charge is 2.49. The average molecular weight is 714 g/mol. The summed E-state index contributed by atoms with van der Waals surface area (Å²) in [6.07, 6.45) is 0. The molecule has 1 saturated heterocycles. The molecule has 0 spiro atoms. The first-order chi connectivity index (χ1) is 24.2. The molecule has 5 aromatic rings. The van der Waals surface area contributed by atoms with E-state index >= 15 is 0 Å². The normalized spacial score (nSPS) is 15.3. The summed E-state index contributed by atoms with van der Waals surface area (Å²) in [6.45, 7) is 2.36. The van der Waals surface area contributed by atoms with Crippen LogP contribution in [0.1, 0.15) is 33.9 Å². The third-order valence-corrected chi connectivity index (χ3v) is 10.1. The number of aromatic nitrogens is 2. The summed E-state index contributed by atoms with van der Waals surface area (Å²) in [7, 11) is 4.37. The van der Waals surface area contributed by atoms with Crippen LogP contribution in [-0.4, -0.2) is 48.3 Å². The van der Waals surface area contributed by atoms with Crippen molar-refractivity contribution in [3.63, 3.8) is 0 Å². The van der Waals surface area contributed by atoms with Gasteiger partial charge in [-0.25, -0.2) is 4.39 Å². The molecule has 0 aliphatic carbocycles. The minimum absolute atomic E-state index is 0.145. The molecule has 10 nitrogen and oxygen atoms in total. The maximum absolute atomic E-state index is 13.8.